The second kappa shape index (κ2) is 8.45. The summed E-state index contributed by atoms with van der Waals surface area (Å²) >= 11 is 0. The third-order valence-corrected chi connectivity index (χ3v) is 7.21. The summed E-state index contributed by atoms with van der Waals surface area (Å²) in [5, 5.41) is 3.54. The van der Waals surface area contributed by atoms with E-state index in [1.165, 1.54) is 0 Å². The van der Waals surface area contributed by atoms with Gasteiger partial charge >= 0.3 is 5.97 Å². The molecule has 0 amide bonds. The number of carbonyl (C=O) groups excluding carboxylic acids is 1. The molecule has 0 aromatic heterocycles. The molecular formula is C31H28N2O3. The number of aryl methyl sites for hydroxylation is 1. The molecule has 5 heteroatoms. The van der Waals surface area contributed by atoms with E-state index in [1.54, 1.807) is 0 Å². The molecule has 0 radical (unpaired) electrons. The number of para-hydroxylation sites is 1. The third kappa shape index (κ3) is 3.19. The SMILES string of the molecule is CCN(CC)c1cccc2c1C1(OC(=O)c3ccccc31)c1cc(Nc3ccccc3)c(C)cc1O2. The van der Waals surface area contributed by atoms with E-state index in [-0.39, 0.29) is 5.97 Å². The molecule has 6 rings (SSSR count). The average molecular weight is 477 g/mol. The number of hydrogen-bond acceptors (Lipinski definition) is 5. The van der Waals surface area contributed by atoms with Gasteiger partial charge in [0.25, 0.3) is 0 Å². The first-order valence-corrected chi connectivity index (χ1v) is 12.4. The van der Waals surface area contributed by atoms with Gasteiger partial charge in [0.15, 0.2) is 5.60 Å². The van der Waals surface area contributed by atoms with Crippen LogP contribution in [0, 0.1) is 6.92 Å². The van der Waals surface area contributed by atoms with Gasteiger partial charge < -0.3 is 19.7 Å². The zero-order valence-corrected chi connectivity index (χ0v) is 20.7. The highest BCUT2D eigenvalue weighted by atomic mass is 16.6. The number of fused-ring (bicyclic) bond motifs is 6. The summed E-state index contributed by atoms with van der Waals surface area (Å²) in [6, 6.07) is 27.9. The number of benzene rings is 4. The monoisotopic (exact) mass is 476 g/mol. The molecule has 0 saturated heterocycles. The number of hydrogen-bond donors (Lipinski definition) is 1. The summed E-state index contributed by atoms with van der Waals surface area (Å²) in [4.78, 5) is 15.6. The summed E-state index contributed by atoms with van der Waals surface area (Å²) in [5.74, 6) is 1.08. The van der Waals surface area contributed by atoms with Gasteiger partial charge in [0.1, 0.15) is 11.5 Å². The number of carbonyl (C=O) groups is 1. The minimum absolute atomic E-state index is 0.322. The summed E-state index contributed by atoms with van der Waals surface area (Å²) in [7, 11) is 0. The number of ether oxygens (including phenoxy) is 2. The van der Waals surface area contributed by atoms with Gasteiger partial charge in [-0.3, -0.25) is 0 Å². The summed E-state index contributed by atoms with van der Waals surface area (Å²) in [6.45, 7) is 7.96. The first-order valence-electron chi connectivity index (χ1n) is 12.4. The van der Waals surface area contributed by atoms with Crippen LogP contribution < -0.4 is 15.0 Å². The van der Waals surface area contributed by atoms with Gasteiger partial charge in [-0.1, -0.05) is 42.5 Å². The molecule has 1 N–H and O–H groups in total. The molecule has 0 fully saturated rings. The summed E-state index contributed by atoms with van der Waals surface area (Å²) < 4.78 is 13.0. The highest BCUT2D eigenvalue weighted by molar-refractivity contribution is 5.97. The maximum absolute atomic E-state index is 13.3. The Bertz CT molecular complexity index is 1480. The van der Waals surface area contributed by atoms with Crippen LogP contribution in [-0.2, 0) is 10.3 Å². The van der Waals surface area contributed by atoms with Gasteiger partial charge in [0.05, 0.1) is 11.1 Å². The van der Waals surface area contributed by atoms with Crippen molar-refractivity contribution in [2.24, 2.45) is 0 Å². The number of esters is 1. The van der Waals surface area contributed by atoms with Crippen molar-refractivity contribution in [1.29, 1.82) is 0 Å². The zero-order chi connectivity index (χ0) is 24.9. The van der Waals surface area contributed by atoms with Crippen LogP contribution in [0.15, 0.2) is 84.9 Å². The Balaban J connectivity index is 1.65. The maximum atomic E-state index is 13.3. The van der Waals surface area contributed by atoms with E-state index < -0.39 is 5.60 Å². The van der Waals surface area contributed by atoms with Crippen molar-refractivity contribution >= 4 is 23.0 Å². The van der Waals surface area contributed by atoms with Crippen molar-refractivity contribution in [2.45, 2.75) is 26.4 Å². The highest BCUT2D eigenvalue weighted by Gasteiger charge is 2.55. The minimum Gasteiger partial charge on any atom is -0.456 e. The first-order chi connectivity index (χ1) is 17.6. The van der Waals surface area contributed by atoms with Crippen molar-refractivity contribution in [3.63, 3.8) is 0 Å². The van der Waals surface area contributed by atoms with E-state index in [2.05, 4.69) is 43.1 Å². The fraction of sp³-hybridized carbons (Fsp3) is 0.194. The van der Waals surface area contributed by atoms with Gasteiger partial charge in [-0.2, -0.15) is 0 Å². The minimum atomic E-state index is -1.11. The standard InChI is InChI=1S/C31H28N2O3/c1-4-33(5-2)26-16-11-17-27-29(26)31(23-15-10-9-14-22(23)30(34)36-31)24-19-25(20(3)18-28(24)35-27)32-21-12-7-6-8-13-21/h6-19,32H,4-5H2,1-3H3. The lowest BCUT2D eigenvalue weighted by atomic mass is 9.76. The predicted molar refractivity (Wildman–Crippen MR) is 143 cm³/mol. The quantitative estimate of drug-likeness (QED) is 0.310. The number of anilines is 3. The molecule has 4 aromatic carbocycles. The summed E-state index contributed by atoms with van der Waals surface area (Å²) in [5.41, 5.74) is 5.96. The van der Waals surface area contributed by atoms with Crippen molar-refractivity contribution in [1.82, 2.24) is 0 Å². The Hall–Kier alpha value is -4.25. The van der Waals surface area contributed by atoms with Crippen LogP contribution in [0.25, 0.3) is 0 Å². The van der Waals surface area contributed by atoms with E-state index in [4.69, 9.17) is 9.47 Å². The fourth-order valence-corrected chi connectivity index (χ4v) is 5.49. The largest absolute Gasteiger partial charge is 0.456 e. The number of nitrogens with zero attached hydrogens (tertiary/aromatic N) is 1. The van der Waals surface area contributed by atoms with Gasteiger partial charge in [-0.15, -0.1) is 0 Å². The normalized spacial score (nSPS) is 17.0. The van der Waals surface area contributed by atoms with Crippen molar-refractivity contribution in [3.05, 3.63) is 113 Å². The molecule has 5 nitrogen and oxygen atoms in total. The Morgan fingerprint density at radius 1 is 0.833 bits per heavy atom. The Morgan fingerprint density at radius 3 is 2.36 bits per heavy atom. The second-order valence-electron chi connectivity index (χ2n) is 9.20. The van der Waals surface area contributed by atoms with Gasteiger partial charge in [0, 0.05) is 41.3 Å². The Labute approximate surface area is 211 Å². The molecule has 2 aliphatic rings. The smallest absolute Gasteiger partial charge is 0.340 e. The van der Waals surface area contributed by atoms with Crippen molar-refractivity contribution in [2.75, 3.05) is 23.3 Å². The summed E-state index contributed by atoms with van der Waals surface area (Å²) in [6.07, 6.45) is 0. The Morgan fingerprint density at radius 2 is 1.58 bits per heavy atom. The van der Waals surface area contributed by atoms with Crippen LogP contribution in [0.3, 0.4) is 0 Å². The maximum Gasteiger partial charge on any atom is 0.340 e. The van der Waals surface area contributed by atoms with Crippen molar-refractivity contribution in [3.8, 4) is 11.5 Å². The molecular weight excluding hydrogens is 448 g/mol. The molecule has 180 valence electrons. The van der Waals surface area contributed by atoms with Crippen LogP contribution >= 0.6 is 0 Å². The predicted octanol–water partition coefficient (Wildman–Crippen LogP) is 7.15. The molecule has 2 heterocycles. The van der Waals surface area contributed by atoms with Gasteiger partial charge in [-0.25, -0.2) is 4.79 Å². The van der Waals surface area contributed by atoms with E-state index in [0.717, 1.165) is 52.4 Å². The van der Waals surface area contributed by atoms with Crippen LogP contribution in [0.1, 0.15) is 46.5 Å². The molecule has 1 spiro atoms. The van der Waals surface area contributed by atoms with Crippen LogP contribution in [0.5, 0.6) is 11.5 Å². The van der Waals surface area contributed by atoms with Gasteiger partial charge in [-0.05, 0) is 68.8 Å². The van der Waals surface area contributed by atoms with E-state index in [9.17, 15) is 4.79 Å². The second-order valence-corrected chi connectivity index (χ2v) is 9.20. The number of nitrogens with one attached hydrogen (secondary N) is 1. The molecule has 2 aliphatic heterocycles. The molecule has 1 unspecified atom stereocenters. The lowest BCUT2D eigenvalue weighted by Crippen LogP contribution is -2.36. The fourth-order valence-electron chi connectivity index (χ4n) is 5.49. The first kappa shape index (κ1) is 22.2. The lowest BCUT2D eigenvalue weighted by molar-refractivity contribution is 0.0226. The molecule has 0 aliphatic carbocycles. The zero-order valence-electron chi connectivity index (χ0n) is 20.7. The average Bonchev–Trinajstić information content (AvgIpc) is 3.19. The highest BCUT2D eigenvalue weighted by Crippen LogP contribution is 2.59. The molecule has 0 saturated carbocycles. The lowest BCUT2D eigenvalue weighted by Gasteiger charge is -2.40. The van der Waals surface area contributed by atoms with E-state index in [1.807, 2.05) is 72.8 Å². The van der Waals surface area contributed by atoms with Crippen LogP contribution in [0.2, 0.25) is 0 Å². The van der Waals surface area contributed by atoms with E-state index in [0.29, 0.717) is 17.1 Å². The van der Waals surface area contributed by atoms with Crippen molar-refractivity contribution < 1.29 is 14.3 Å². The Kier molecular flexibility index (Phi) is 5.22. The third-order valence-electron chi connectivity index (χ3n) is 7.21. The van der Waals surface area contributed by atoms with E-state index >= 15 is 0 Å². The van der Waals surface area contributed by atoms with Gasteiger partial charge in [0.2, 0.25) is 0 Å². The molecule has 1 atom stereocenters. The molecule has 0 bridgehead atoms. The molecule has 36 heavy (non-hydrogen) atoms. The van der Waals surface area contributed by atoms with Crippen LogP contribution in [-0.4, -0.2) is 19.1 Å². The van der Waals surface area contributed by atoms with Crippen LogP contribution in [0.4, 0.5) is 17.1 Å². The topological polar surface area (TPSA) is 50.8 Å². The number of rotatable bonds is 5. The molecule has 4 aromatic rings.